The third kappa shape index (κ3) is 4.43. The summed E-state index contributed by atoms with van der Waals surface area (Å²) in [5.41, 5.74) is 1.83. The van der Waals surface area contributed by atoms with Crippen molar-refractivity contribution in [2.24, 2.45) is 11.8 Å². The van der Waals surface area contributed by atoms with Gasteiger partial charge < -0.3 is 15.4 Å². The number of Topliss-reactive ketones (excluding diaryl/α,β-unsaturated/α-hetero) is 1. The number of esters is 1. The van der Waals surface area contributed by atoms with Crippen molar-refractivity contribution in [3.05, 3.63) is 59.7 Å². The monoisotopic (exact) mass is 380 g/mol. The van der Waals surface area contributed by atoms with Crippen LogP contribution < -0.4 is 10.6 Å². The second-order valence-corrected chi connectivity index (χ2v) is 6.64. The first-order valence-electron chi connectivity index (χ1n) is 8.80. The Bertz CT molecular complexity index is 953. The summed E-state index contributed by atoms with van der Waals surface area (Å²) in [5.74, 6) is -1.98. The average molecular weight is 380 g/mol. The van der Waals surface area contributed by atoms with Gasteiger partial charge in [0.25, 0.3) is 0 Å². The molecule has 1 aliphatic rings. The van der Waals surface area contributed by atoms with Crippen molar-refractivity contribution in [3.8, 4) is 0 Å². The van der Waals surface area contributed by atoms with Gasteiger partial charge in [-0.05, 0) is 43.7 Å². The normalized spacial score (nSPS) is 17.4. The molecule has 2 unspecified atom stereocenters. The summed E-state index contributed by atoms with van der Waals surface area (Å²) in [5, 5.41) is 5.47. The molecule has 28 heavy (non-hydrogen) atoms. The molecule has 2 atom stereocenters. The molecule has 0 bridgehead atoms. The largest absolute Gasteiger partial charge is 0.465 e. The molecule has 0 aromatic heterocycles. The van der Waals surface area contributed by atoms with Crippen LogP contribution in [0.1, 0.15) is 34.1 Å². The zero-order valence-electron chi connectivity index (χ0n) is 15.5. The summed E-state index contributed by atoms with van der Waals surface area (Å²) in [6.45, 7) is 1.46. The summed E-state index contributed by atoms with van der Waals surface area (Å²) in [4.78, 5) is 47.8. The van der Waals surface area contributed by atoms with Crippen LogP contribution in [0.4, 0.5) is 11.4 Å². The van der Waals surface area contributed by atoms with Crippen LogP contribution >= 0.6 is 0 Å². The van der Waals surface area contributed by atoms with Gasteiger partial charge in [0.1, 0.15) is 0 Å². The number of hydrogen-bond acceptors (Lipinski definition) is 5. The van der Waals surface area contributed by atoms with E-state index in [0.717, 1.165) is 0 Å². The lowest BCUT2D eigenvalue weighted by atomic mass is 10.1. The number of ether oxygens (including phenoxy) is 1. The average Bonchev–Trinajstić information content (AvgIpc) is 3.49. The molecular weight excluding hydrogens is 360 g/mol. The quantitative estimate of drug-likeness (QED) is 0.593. The molecule has 144 valence electrons. The number of amides is 2. The maximum atomic E-state index is 12.4. The molecule has 2 amide bonds. The number of carbonyl (C=O) groups excluding carboxylic acids is 4. The lowest BCUT2D eigenvalue weighted by Crippen LogP contribution is -2.20. The molecule has 0 saturated heterocycles. The maximum absolute atomic E-state index is 12.4. The van der Waals surface area contributed by atoms with E-state index in [1.807, 2.05) is 0 Å². The van der Waals surface area contributed by atoms with Crippen molar-refractivity contribution >= 4 is 34.9 Å². The predicted molar refractivity (Wildman–Crippen MR) is 103 cm³/mol. The van der Waals surface area contributed by atoms with Crippen molar-refractivity contribution in [1.82, 2.24) is 0 Å². The van der Waals surface area contributed by atoms with Gasteiger partial charge >= 0.3 is 5.97 Å². The third-order valence-corrected chi connectivity index (χ3v) is 4.55. The first-order valence-corrected chi connectivity index (χ1v) is 8.80. The fourth-order valence-electron chi connectivity index (χ4n) is 2.90. The minimum atomic E-state index is -0.493. The summed E-state index contributed by atoms with van der Waals surface area (Å²) in [6, 6.07) is 13.1. The van der Waals surface area contributed by atoms with Crippen LogP contribution in [-0.4, -0.2) is 30.7 Å². The molecule has 3 rings (SSSR count). The zero-order valence-corrected chi connectivity index (χ0v) is 15.5. The van der Waals surface area contributed by atoms with Crippen LogP contribution in [0.3, 0.4) is 0 Å². The van der Waals surface area contributed by atoms with Gasteiger partial charge in [-0.2, -0.15) is 0 Å². The predicted octanol–water partition coefficient (Wildman–Crippen LogP) is 2.89. The van der Waals surface area contributed by atoms with E-state index in [4.69, 9.17) is 0 Å². The van der Waals surface area contributed by atoms with E-state index >= 15 is 0 Å². The Hall–Kier alpha value is -3.48. The molecule has 1 saturated carbocycles. The van der Waals surface area contributed by atoms with E-state index in [0.29, 0.717) is 28.9 Å². The van der Waals surface area contributed by atoms with Crippen LogP contribution in [0.5, 0.6) is 0 Å². The second kappa shape index (κ2) is 8.04. The summed E-state index contributed by atoms with van der Waals surface area (Å²) in [6.07, 6.45) is 0.445. The van der Waals surface area contributed by atoms with Gasteiger partial charge in [0.05, 0.1) is 24.5 Å². The van der Waals surface area contributed by atoms with E-state index in [-0.39, 0.29) is 17.6 Å². The van der Waals surface area contributed by atoms with Crippen LogP contribution in [0.15, 0.2) is 48.5 Å². The van der Waals surface area contributed by atoms with E-state index < -0.39 is 17.8 Å². The molecule has 0 spiro atoms. The summed E-state index contributed by atoms with van der Waals surface area (Å²) in [7, 11) is 1.28. The van der Waals surface area contributed by atoms with Gasteiger partial charge in [-0.25, -0.2) is 4.79 Å². The minimum Gasteiger partial charge on any atom is -0.465 e. The first-order chi connectivity index (χ1) is 13.4. The van der Waals surface area contributed by atoms with Gasteiger partial charge in [-0.3, -0.25) is 14.4 Å². The Morgan fingerprint density at radius 2 is 1.36 bits per heavy atom. The van der Waals surface area contributed by atoms with Crippen molar-refractivity contribution in [3.63, 3.8) is 0 Å². The molecule has 7 heteroatoms. The number of benzene rings is 2. The highest BCUT2D eigenvalue weighted by atomic mass is 16.5. The topological polar surface area (TPSA) is 102 Å². The molecule has 0 aliphatic heterocycles. The molecule has 7 nitrogen and oxygen atoms in total. The van der Waals surface area contributed by atoms with Crippen molar-refractivity contribution in [1.29, 1.82) is 0 Å². The number of rotatable bonds is 6. The standard InChI is InChI=1S/C21H20N2O5/c1-12(24)13-5-3-7-15(9-13)22-19(25)17-11-18(17)20(26)23-16-8-4-6-14(10-16)21(27)28-2/h3-10,17-18H,11H2,1-2H3,(H,22,25)(H,23,26). The second-order valence-electron chi connectivity index (χ2n) is 6.64. The third-order valence-electron chi connectivity index (χ3n) is 4.55. The molecule has 0 heterocycles. The Balaban J connectivity index is 1.58. The highest BCUT2D eigenvalue weighted by Crippen LogP contribution is 2.40. The number of anilines is 2. The SMILES string of the molecule is COC(=O)c1cccc(NC(=O)C2CC2C(=O)Nc2cccc(C(C)=O)c2)c1. The van der Waals surface area contributed by atoms with Crippen molar-refractivity contribution in [2.45, 2.75) is 13.3 Å². The molecule has 1 aliphatic carbocycles. The number of methoxy groups -OCH3 is 1. The van der Waals surface area contributed by atoms with Crippen LogP contribution in [-0.2, 0) is 14.3 Å². The molecule has 1 fully saturated rings. The maximum Gasteiger partial charge on any atom is 0.337 e. The fourth-order valence-corrected chi connectivity index (χ4v) is 2.90. The fraction of sp³-hybridized carbons (Fsp3) is 0.238. The Labute approximate surface area is 162 Å². The zero-order chi connectivity index (χ0) is 20.3. The Morgan fingerprint density at radius 1 is 0.857 bits per heavy atom. The van der Waals surface area contributed by atoms with Gasteiger partial charge in [0.15, 0.2) is 5.78 Å². The van der Waals surface area contributed by atoms with Crippen LogP contribution in [0.25, 0.3) is 0 Å². The van der Waals surface area contributed by atoms with E-state index in [1.165, 1.54) is 20.1 Å². The van der Waals surface area contributed by atoms with E-state index in [9.17, 15) is 19.2 Å². The molecule has 2 N–H and O–H groups in total. The number of ketones is 1. The van der Waals surface area contributed by atoms with E-state index in [1.54, 1.807) is 42.5 Å². The highest BCUT2D eigenvalue weighted by molar-refractivity contribution is 6.04. The molecule has 2 aromatic carbocycles. The van der Waals surface area contributed by atoms with Crippen LogP contribution in [0.2, 0.25) is 0 Å². The summed E-state index contributed by atoms with van der Waals surface area (Å²) >= 11 is 0. The smallest absolute Gasteiger partial charge is 0.337 e. The lowest BCUT2D eigenvalue weighted by molar-refractivity contribution is -0.122. The lowest BCUT2D eigenvalue weighted by Gasteiger charge is -2.08. The molecule has 0 radical (unpaired) electrons. The Kier molecular flexibility index (Phi) is 5.54. The summed E-state index contributed by atoms with van der Waals surface area (Å²) < 4.78 is 4.66. The Morgan fingerprint density at radius 3 is 1.86 bits per heavy atom. The molecule has 2 aromatic rings. The minimum absolute atomic E-state index is 0.0889. The number of nitrogens with one attached hydrogen (secondary N) is 2. The van der Waals surface area contributed by atoms with Gasteiger partial charge in [-0.1, -0.05) is 18.2 Å². The van der Waals surface area contributed by atoms with Gasteiger partial charge in [0.2, 0.25) is 11.8 Å². The van der Waals surface area contributed by atoms with E-state index in [2.05, 4.69) is 15.4 Å². The van der Waals surface area contributed by atoms with Crippen molar-refractivity contribution < 1.29 is 23.9 Å². The van der Waals surface area contributed by atoms with Crippen molar-refractivity contribution in [2.75, 3.05) is 17.7 Å². The van der Waals surface area contributed by atoms with Crippen LogP contribution in [0, 0.1) is 11.8 Å². The number of carbonyl (C=O) groups is 4. The first kappa shape index (κ1) is 19.3. The number of hydrogen-bond donors (Lipinski definition) is 2. The van der Waals surface area contributed by atoms with Gasteiger partial charge in [0, 0.05) is 16.9 Å². The highest BCUT2D eigenvalue weighted by Gasteiger charge is 2.48. The van der Waals surface area contributed by atoms with Gasteiger partial charge in [-0.15, -0.1) is 0 Å². The molecular formula is C21H20N2O5.